The van der Waals surface area contributed by atoms with Crippen LogP contribution in [-0.4, -0.2) is 13.0 Å². The van der Waals surface area contributed by atoms with Crippen molar-refractivity contribution in [2.45, 2.75) is 174 Å². The average molecular weight is 438 g/mol. The standard InChI is InChI=1S/C29H59NO/c1-2-3-4-5-6-7-8-9-10-11-12-13-14-15-16-17-18-19-20-21-22-23-24-25-26-27-28-30-29-31/h29H,2-28H2,1H3,(H,30,31). The highest BCUT2D eigenvalue weighted by Crippen LogP contribution is 2.15. The van der Waals surface area contributed by atoms with Crippen molar-refractivity contribution in [3.8, 4) is 0 Å². The first kappa shape index (κ1) is 30.5. The Morgan fingerprint density at radius 1 is 0.387 bits per heavy atom. The van der Waals surface area contributed by atoms with E-state index in [-0.39, 0.29) is 0 Å². The van der Waals surface area contributed by atoms with E-state index < -0.39 is 0 Å². The molecule has 0 heterocycles. The molecular formula is C29H59NO. The van der Waals surface area contributed by atoms with Crippen LogP contribution in [-0.2, 0) is 4.79 Å². The van der Waals surface area contributed by atoms with Crippen LogP contribution in [0.25, 0.3) is 0 Å². The van der Waals surface area contributed by atoms with E-state index in [2.05, 4.69) is 12.2 Å². The number of hydrogen-bond donors (Lipinski definition) is 1. The van der Waals surface area contributed by atoms with Crippen LogP contribution in [0.15, 0.2) is 0 Å². The minimum Gasteiger partial charge on any atom is -0.359 e. The average Bonchev–Trinajstić information content (AvgIpc) is 2.78. The van der Waals surface area contributed by atoms with Gasteiger partial charge in [-0.25, -0.2) is 0 Å². The van der Waals surface area contributed by atoms with Crippen LogP contribution in [0, 0.1) is 0 Å². The Morgan fingerprint density at radius 3 is 0.839 bits per heavy atom. The number of carbonyl (C=O) groups is 1. The first-order valence-electron chi connectivity index (χ1n) is 14.6. The van der Waals surface area contributed by atoms with Crippen LogP contribution >= 0.6 is 0 Å². The van der Waals surface area contributed by atoms with Gasteiger partial charge in [-0.05, 0) is 6.42 Å². The van der Waals surface area contributed by atoms with Gasteiger partial charge in [-0.15, -0.1) is 0 Å². The van der Waals surface area contributed by atoms with Crippen LogP contribution in [0.2, 0.25) is 0 Å². The predicted octanol–water partition coefficient (Wildman–Crippen LogP) is 9.89. The molecule has 0 saturated carbocycles. The summed E-state index contributed by atoms with van der Waals surface area (Å²) in [5, 5.41) is 2.74. The molecule has 0 unspecified atom stereocenters. The molecule has 0 aromatic heterocycles. The van der Waals surface area contributed by atoms with Crippen LogP contribution in [0.1, 0.15) is 174 Å². The smallest absolute Gasteiger partial charge is 0.207 e. The highest BCUT2D eigenvalue weighted by Gasteiger charge is 1.96. The zero-order chi connectivity index (χ0) is 22.5. The second-order valence-electron chi connectivity index (χ2n) is 9.91. The Labute approximate surface area is 197 Å². The maximum atomic E-state index is 10.1. The van der Waals surface area contributed by atoms with E-state index >= 15 is 0 Å². The molecule has 0 bridgehead atoms. The second-order valence-corrected chi connectivity index (χ2v) is 9.91. The number of hydrogen-bond acceptors (Lipinski definition) is 1. The molecule has 2 heteroatoms. The molecule has 1 N–H and O–H groups in total. The normalized spacial score (nSPS) is 11.1. The zero-order valence-corrected chi connectivity index (χ0v) is 21.6. The SMILES string of the molecule is CCCCCCCCCCCCCCCCCCCCCCCCCCCCNC=O. The van der Waals surface area contributed by atoms with Gasteiger partial charge in [0.2, 0.25) is 6.41 Å². The summed E-state index contributed by atoms with van der Waals surface area (Å²) in [6.07, 6.45) is 38.0. The van der Waals surface area contributed by atoms with Crippen molar-refractivity contribution in [2.75, 3.05) is 6.54 Å². The third kappa shape index (κ3) is 29.5. The third-order valence-corrected chi connectivity index (χ3v) is 6.76. The number of carbonyl (C=O) groups excluding carboxylic acids is 1. The monoisotopic (exact) mass is 437 g/mol. The van der Waals surface area contributed by atoms with Gasteiger partial charge < -0.3 is 5.32 Å². The zero-order valence-electron chi connectivity index (χ0n) is 21.6. The first-order chi connectivity index (χ1) is 15.4. The van der Waals surface area contributed by atoms with Crippen molar-refractivity contribution in [3.63, 3.8) is 0 Å². The fraction of sp³-hybridized carbons (Fsp3) is 0.966. The molecule has 0 saturated heterocycles. The molecular weight excluding hydrogens is 378 g/mol. The predicted molar refractivity (Wildman–Crippen MR) is 140 cm³/mol. The van der Waals surface area contributed by atoms with Crippen molar-refractivity contribution in [3.05, 3.63) is 0 Å². The van der Waals surface area contributed by atoms with Gasteiger partial charge in [-0.2, -0.15) is 0 Å². The van der Waals surface area contributed by atoms with Gasteiger partial charge in [0.1, 0.15) is 0 Å². The van der Waals surface area contributed by atoms with Gasteiger partial charge in [0.15, 0.2) is 0 Å². The van der Waals surface area contributed by atoms with Crippen molar-refractivity contribution >= 4 is 6.41 Å². The quantitative estimate of drug-likeness (QED) is 0.0957. The summed E-state index contributed by atoms with van der Waals surface area (Å²) in [6.45, 7) is 3.15. The van der Waals surface area contributed by atoms with Crippen molar-refractivity contribution in [1.82, 2.24) is 5.32 Å². The Hall–Kier alpha value is -0.530. The van der Waals surface area contributed by atoms with E-state index in [1.54, 1.807) is 0 Å². The molecule has 1 amide bonds. The van der Waals surface area contributed by atoms with E-state index in [0.29, 0.717) is 0 Å². The van der Waals surface area contributed by atoms with Crippen molar-refractivity contribution in [2.24, 2.45) is 0 Å². The summed E-state index contributed by atoms with van der Waals surface area (Å²) >= 11 is 0. The molecule has 0 atom stereocenters. The van der Waals surface area contributed by atoms with E-state index in [4.69, 9.17) is 0 Å². The number of unbranched alkanes of at least 4 members (excludes halogenated alkanes) is 25. The molecule has 186 valence electrons. The van der Waals surface area contributed by atoms with Crippen LogP contribution < -0.4 is 5.32 Å². The molecule has 2 nitrogen and oxygen atoms in total. The highest BCUT2D eigenvalue weighted by atomic mass is 16.1. The van der Waals surface area contributed by atoms with E-state index in [9.17, 15) is 4.79 Å². The molecule has 0 aliphatic carbocycles. The first-order valence-corrected chi connectivity index (χ1v) is 14.6. The molecule has 0 radical (unpaired) electrons. The topological polar surface area (TPSA) is 29.1 Å². The molecule has 0 aliphatic rings. The Morgan fingerprint density at radius 2 is 0.613 bits per heavy atom. The summed E-state index contributed by atoms with van der Waals surface area (Å²) in [7, 11) is 0. The highest BCUT2D eigenvalue weighted by molar-refractivity contribution is 5.45. The van der Waals surface area contributed by atoms with Gasteiger partial charge in [-0.3, -0.25) is 4.79 Å². The van der Waals surface area contributed by atoms with Gasteiger partial charge in [0.25, 0.3) is 0 Å². The van der Waals surface area contributed by atoms with E-state index in [0.717, 1.165) is 19.4 Å². The van der Waals surface area contributed by atoms with Crippen LogP contribution in [0.3, 0.4) is 0 Å². The number of nitrogens with one attached hydrogen (secondary N) is 1. The lowest BCUT2D eigenvalue weighted by molar-refractivity contribution is -0.109. The van der Waals surface area contributed by atoms with E-state index in [1.807, 2.05) is 0 Å². The molecule has 0 aromatic carbocycles. The van der Waals surface area contributed by atoms with Crippen LogP contribution in [0.5, 0.6) is 0 Å². The Balaban J connectivity index is 2.98. The molecule has 0 aromatic rings. The summed E-state index contributed by atoms with van der Waals surface area (Å²) in [6, 6.07) is 0. The molecule has 0 rings (SSSR count). The Bertz CT molecular complexity index is 318. The molecule has 0 spiro atoms. The van der Waals surface area contributed by atoms with Gasteiger partial charge in [0, 0.05) is 6.54 Å². The third-order valence-electron chi connectivity index (χ3n) is 6.76. The number of rotatable bonds is 28. The second kappa shape index (κ2) is 29.5. The Kier molecular flexibility index (Phi) is 29.0. The van der Waals surface area contributed by atoms with Crippen molar-refractivity contribution < 1.29 is 4.79 Å². The minimum atomic E-state index is 0.806. The van der Waals surface area contributed by atoms with E-state index in [1.165, 1.54) is 161 Å². The lowest BCUT2D eigenvalue weighted by Gasteiger charge is -2.04. The van der Waals surface area contributed by atoms with Gasteiger partial charge in [0.05, 0.1) is 0 Å². The van der Waals surface area contributed by atoms with Gasteiger partial charge in [-0.1, -0.05) is 167 Å². The maximum absolute atomic E-state index is 10.1. The van der Waals surface area contributed by atoms with Crippen LogP contribution in [0.4, 0.5) is 0 Å². The van der Waals surface area contributed by atoms with Gasteiger partial charge >= 0.3 is 0 Å². The van der Waals surface area contributed by atoms with Crippen molar-refractivity contribution in [1.29, 1.82) is 0 Å². The summed E-state index contributed by atoms with van der Waals surface area (Å²) in [5.41, 5.74) is 0. The summed E-state index contributed by atoms with van der Waals surface area (Å²) in [4.78, 5) is 10.1. The lowest BCUT2D eigenvalue weighted by atomic mass is 10.0. The minimum absolute atomic E-state index is 0.806. The fourth-order valence-electron chi connectivity index (χ4n) is 4.60. The lowest BCUT2D eigenvalue weighted by Crippen LogP contribution is -2.11. The molecule has 0 fully saturated rings. The summed E-state index contributed by atoms with van der Waals surface area (Å²) < 4.78 is 0. The summed E-state index contributed by atoms with van der Waals surface area (Å²) in [5.74, 6) is 0. The number of amides is 1. The molecule has 31 heavy (non-hydrogen) atoms. The largest absolute Gasteiger partial charge is 0.359 e. The fourth-order valence-corrected chi connectivity index (χ4v) is 4.60. The maximum Gasteiger partial charge on any atom is 0.207 e. The molecule has 0 aliphatic heterocycles.